The number of carboxylic acid groups (broad SMARTS) is 1. The fourth-order valence-corrected chi connectivity index (χ4v) is 4.08. The molecule has 32 heavy (non-hydrogen) atoms. The number of hydrogen-bond donors (Lipinski definition) is 2. The molecule has 0 bridgehead atoms. The van der Waals surface area contributed by atoms with Gasteiger partial charge in [-0.25, -0.2) is 9.78 Å². The number of carbonyl (C=O) groups is 2. The van der Waals surface area contributed by atoms with E-state index < -0.39 is 17.9 Å². The Kier molecular flexibility index (Phi) is 7.78. The van der Waals surface area contributed by atoms with Gasteiger partial charge in [0.2, 0.25) is 0 Å². The Morgan fingerprint density at radius 2 is 1.84 bits per heavy atom. The minimum absolute atomic E-state index is 0.206. The number of amides is 1. The third-order valence-corrected chi connectivity index (χ3v) is 5.89. The van der Waals surface area contributed by atoms with Crippen LogP contribution in [-0.4, -0.2) is 34.6 Å². The topological polar surface area (TPSA) is 82.5 Å². The molecule has 166 valence electrons. The molecule has 3 rings (SSSR count). The van der Waals surface area contributed by atoms with Crippen LogP contribution in [0.1, 0.15) is 29.8 Å². The zero-order valence-electron chi connectivity index (χ0n) is 18.2. The van der Waals surface area contributed by atoms with E-state index in [0.717, 1.165) is 22.0 Å². The molecule has 1 atom stereocenters. The van der Waals surface area contributed by atoms with Crippen molar-refractivity contribution in [1.29, 1.82) is 0 Å². The number of carboxylic acids is 1. The van der Waals surface area contributed by atoms with Crippen LogP contribution < -0.4 is 10.2 Å². The monoisotopic (exact) mass is 449 g/mol. The Labute approximate surface area is 192 Å². The second-order valence-corrected chi connectivity index (χ2v) is 8.62. The van der Waals surface area contributed by atoms with Crippen molar-refractivity contribution in [3.05, 3.63) is 83.8 Å². The number of carbonyl (C=O) groups excluding carboxylic acids is 1. The van der Waals surface area contributed by atoms with Gasteiger partial charge in [0.05, 0.1) is 5.69 Å². The Morgan fingerprint density at radius 1 is 1.16 bits per heavy atom. The van der Waals surface area contributed by atoms with Crippen LogP contribution in [-0.2, 0) is 11.3 Å². The van der Waals surface area contributed by atoms with Gasteiger partial charge in [0.25, 0.3) is 5.91 Å². The lowest BCUT2D eigenvalue weighted by Gasteiger charge is -2.20. The molecule has 2 aromatic carbocycles. The molecule has 0 spiro atoms. The lowest BCUT2D eigenvalue weighted by Crippen LogP contribution is -2.44. The number of anilines is 1. The maximum atomic E-state index is 12.5. The summed E-state index contributed by atoms with van der Waals surface area (Å²) < 4.78 is 0. The van der Waals surface area contributed by atoms with Crippen molar-refractivity contribution < 1.29 is 14.7 Å². The lowest BCUT2D eigenvalue weighted by atomic mass is 10.0. The summed E-state index contributed by atoms with van der Waals surface area (Å²) in [6, 6.07) is 16.3. The van der Waals surface area contributed by atoms with Crippen molar-refractivity contribution in [2.75, 3.05) is 11.4 Å². The molecule has 1 aromatic heterocycles. The molecular formula is C25H27N3O3S. The minimum Gasteiger partial charge on any atom is -0.480 e. The quantitative estimate of drug-likeness (QED) is 0.433. The van der Waals surface area contributed by atoms with Crippen molar-refractivity contribution in [3.63, 3.8) is 0 Å². The fraction of sp³-hybridized carbons (Fsp3) is 0.240. The van der Waals surface area contributed by atoms with E-state index in [2.05, 4.69) is 16.8 Å². The highest BCUT2D eigenvalue weighted by Crippen LogP contribution is 2.28. The highest BCUT2D eigenvalue weighted by atomic mass is 32.1. The normalized spacial score (nSPS) is 11.7. The maximum absolute atomic E-state index is 12.5. The van der Waals surface area contributed by atoms with Crippen molar-refractivity contribution in [2.24, 2.45) is 5.92 Å². The van der Waals surface area contributed by atoms with Crippen LogP contribution in [0.3, 0.4) is 0 Å². The third kappa shape index (κ3) is 5.82. The van der Waals surface area contributed by atoms with Gasteiger partial charge in [0.15, 0.2) is 5.13 Å². The van der Waals surface area contributed by atoms with E-state index in [1.807, 2.05) is 53.9 Å². The summed E-state index contributed by atoms with van der Waals surface area (Å²) in [5.41, 5.74) is 3.45. The molecule has 7 heteroatoms. The number of hydrogen-bond acceptors (Lipinski definition) is 5. The molecule has 6 nitrogen and oxygen atoms in total. The maximum Gasteiger partial charge on any atom is 0.326 e. The van der Waals surface area contributed by atoms with Crippen LogP contribution in [0.2, 0.25) is 0 Å². The van der Waals surface area contributed by atoms with Crippen LogP contribution >= 0.6 is 11.3 Å². The zero-order valence-corrected chi connectivity index (χ0v) is 19.0. The predicted octanol–water partition coefficient (Wildman–Crippen LogP) is 4.84. The molecule has 0 fully saturated rings. The fourth-order valence-electron chi connectivity index (χ4n) is 3.24. The molecule has 2 N–H and O–H groups in total. The number of aliphatic carboxylic acids is 1. The third-order valence-electron chi connectivity index (χ3n) is 4.99. The van der Waals surface area contributed by atoms with Crippen LogP contribution in [0, 0.1) is 5.92 Å². The van der Waals surface area contributed by atoms with Crippen molar-refractivity contribution in [2.45, 2.75) is 26.4 Å². The van der Waals surface area contributed by atoms with Crippen molar-refractivity contribution in [1.82, 2.24) is 10.3 Å². The summed E-state index contributed by atoms with van der Waals surface area (Å²) in [4.78, 5) is 30.7. The van der Waals surface area contributed by atoms with E-state index in [0.29, 0.717) is 18.7 Å². The highest BCUT2D eigenvalue weighted by molar-refractivity contribution is 7.14. The van der Waals surface area contributed by atoms with E-state index in [-0.39, 0.29) is 5.92 Å². The number of aromatic nitrogens is 1. The minimum atomic E-state index is -1.04. The Bertz CT molecular complexity index is 1060. The Morgan fingerprint density at radius 3 is 2.44 bits per heavy atom. The van der Waals surface area contributed by atoms with E-state index in [1.54, 1.807) is 37.3 Å². The van der Waals surface area contributed by atoms with Gasteiger partial charge in [-0.2, -0.15) is 0 Å². The molecule has 0 saturated carbocycles. The number of benzene rings is 2. The second kappa shape index (κ2) is 10.7. The summed E-state index contributed by atoms with van der Waals surface area (Å²) >= 11 is 1.58. The average molecular weight is 450 g/mol. The summed E-state index contributed by atoms with van der Waals surface area (Å²) in [6.07, 6.45) is 1.84. The number of nitrogens with one attached hydrogen (secondary N) is 1. The number of nitrogens with zero attached hydrogens (tertiary/aromatic N) is 2. The van der Waals surface area contributed by atoms with Crippen molar-refractivity contribution in [3.8, 4) is 11.3 Å². The molecule has 1 heterocycles. The molecule has 0 saturated heterocycles. The van der Waals surface area contributed by atoms with Gasteiger partial charge in [-0.15, -0.1) is 17.9 Å². The molecule has 0 aliphatic heterocycles. The van der Waals surface area contributed by atoms with Gasteiger partial charge in [0.1, 0.15) is 6.04 Å². The molecule has 0 aliphatic rings. The molecule has 3 aromatic rings. The number of rotatable bonds is 10. The van der Waals surface area contributed by atoms with E-state index >= 15 is 0 Å². The smallest absolute Gasteiger partial charge is 0.326 e. The molecule has 1 amide bonds. The predicted molar refractivity (Wildman–Crippen MR) is 129 cm³/mol. The molecule has 1 unspecified atom stereocenters. The van der Waals surface area contributed by atoms with Gasteiger partial charge in [0, 0.05) is 29.6 Å². The standard InChI is InChI=1S/C25H27N3O3S/c1-4-14-28(25-26-21(16-32-25)19-8-6-5-7-9-19)15-18-10-12-20(13-11-18)23(29)27-22(17(2)3)24(30)31/h4-13,16-17,22H,1,14-15H2,2-3H3,(H,27,29)(H,30,31). The van der Waals surface area contributed by atoms with E-state index in [1.165, 1.54) is 0 Å². The first-order valence-corrected chi connectivity index (χ1v) is 11.3. The van der Waals surface area contributed by atoms with Gasteiger partial charge < -0.3 is 15.3 Å². The zero-order chi connectivity index (χ0) is 23.1. The number of thiazole rings is 1. The van der Waals surface area contributed by atoms with Crippen LogP contribution in [0.25, 0.3) is 11.3 Å². The average Bonchev–Trinajstić information content (AvgIpc) is 3.28. The Balaban J connectivity index is 1.71. The lowest BCUT2D eigenvalue weighted by molar-refractivity contribution is -0.140. The molecular weight excluding hydrogens is 422 g/mol. The van der Waals surface area contributed by atoms with E-state index in [9.17, 15) is 14.7 Å². The van der Waals surface area contributed by atoms with Crippen molar-refractivity contribution >= 4 is 28.3 Å². The first-order valence-electron chi connectivity index (χ1n) is 10.4. The largest absolute Gasteiger partial charge is 0.480 e. The molecule has 0 radical (unpaired) electrons. The summed E-state index contributed by atoms with van der Waals surface area (Å²) in [5, 5.41) is 14.8. The molecule has 0 aliphatic carbocycles. The summed E-state index contributed by atoms with van der Waals surface area (Å²) in [6.45, 7) is 8.63. The van der Waals surface area contributed by atoms with Gasteiger partial charge in [-0.05, 0) is 23.6 Å². The first-order chi connectivity index (χ1) is 15.4. The summed E-state index contributed by atoms with van der Waals surface area (Å²) in [5.74, 6) is -1.64. The van der Waals surface area contributed by atoms with Crippen LogP contribution in [0.15, 0.2) is 72.6 Å². The Hall–Kier alpha value is -3.45. The SMILES string of the molecule is C=CCN(Cc1ccc(C(=O)NC(C(=O)O)C(C)C)cc1)c1nc(-c2ccccc2)cs1. The highest BCUT2D eigenvalue weighted by Gasteiger charge is 2.24. The second-order valence-electron chi connectivity index (χ2n) is 7.78. The van der Waals surface area contributed by atoms with Gasteiger partial charge in [-0.3, -0.25) is 4.79 Å². The van der Waals surface area contributed by atoms with Gasteiger partial charge >= 0.3 is 5.97 Å². The van der Waals surface area contributed by atoms with Crippen LogP contribution in [0.5, 0.6) is 0 Å². The first kappa shape index (κ1) is 23.2. The van der Waals surface area contributed by atoms with Crippen LogP contribution in [0.4, 0.5) is 5.13 Å². The van der Waals surface area contributed by atoms with Gasteiger partial charge in [-0.1, -0.05) is 62.4 Å². The van der Waals surface area contributed by atoms with E-state index in [4.69, 9.17) is 4.98 Å². The summed E-state index contributed by atoms with van der Waals surface area (Å²) in [7, 11) is 0.